The zero-order chi connectivity index (χ0) is 15.6. The van der Waals surface area contributed by atoms with E-state index in [9.17, 15) is 5.11 Å². The maximum absolute atomic E-state index is 10.1. The number of aromatic hydroxyl groups is 1. The van der Waals surface area contributed by atoms with Crippen molar-refractivity contribution >= 4 is 27.5 Å². The predicted octanol–water partition coefficient (Wildman–Crippen LogP) is 4.06. The van der Waals surface area contributed by atoms with E-state index in [2.05, 4.69) is 20.3 Å². The van der Waals surface area contributed by atoms with E-state index in [-0.39, 0.29) is 5.88 Å². The largest absolute Gasteiger partial charge is 0.492 e. The van der Waals surface area contributed by atoms with Crippen molar-refractivity contribution in [2.24, 2.45) is 0 Å². The van der Waals surface area contributed by atoms with E-state index in [1.165, 1.54) is 43.4 Å². The highest BCUT2D eigenvalue weighted by molar-refractivity contribution is 7.15. The van der Waals surface area contributed by atoms with E-state index >= 15 is 0 Å². The van der Waals surface area contributed by atoms with Crippen LogP contribution in [0.4, 0.5) is 5.13 Å². The van der Waals surface area contributed by atoms with Gasteiger partial charge in [0, 0.05) is 12.5 Å². The second-order valence-electron chi connectivity index (χ2n) is 6.12. The lowest BCUT2D eigenvalue weighted by atomic mass is 9.96. The van der Waals surface area contributed by atoms with E-state index in [4.69, 9.17) is 0 Å². The summed E-state index contributed by atoms with van der Waals surface area (Å²) in [6, 6.07) is 8.45. The minimum Gasteiger partial charge on any atom is -0.492 e. The van der Waals surface area contributed by atoms with Gasteiger partial charge < -0.3 is 15.4 Å². The second-order valence-corrected chi connectivity index (χ2v) is 7.21. The van der Waals surface area contributed by atoms with Gasteiger partial charge in [0.25, 0.3) is 0 Å². The molecular formula is C17H20N4OS. The Bertz CT molecular complexity index is 771. The molecule has 0 radical (unpaired) electrons. The number of H-pyrrole nitrogens is 1. The Kier molecular flexibility index (Phi) is 3.91. The van der Waals surface area contributed by atoms with E-state index in [1.54, 1.807) is 0 Å². The molecule has 4 rings (SSSR count). The molecule has 0 amide bonds. The van der Waals surface area contributed by atoms with Gasteiger partial charge in [0.15, 0.2) is 5.13 Å². The molecule has 0 bridgehead atoms. The molecule has 6 heteroatoms. The first-order chi connectivity index (χ1) is 11.3. The number of hydrogen-bond acceptors (Lipinski definition) is 5. The third kappa shape index (κ3) is 3.17. The Morgan fingerprint density at radius 2 is 2.00 bits per heavy atom. The predicted molar refractivity (Wildman–Crippen MR) is 93.2 cm³/mol. The fraction of sp³-hybridized carbons (Fsp3) is 0.412. The summed E-state index contributed by atoms with van der Waals surface area (Å²) in [4.78, 5) is 13.0. The van der Waals surface area contributed by atoms with Crippen LogP contribution in [0.25, 0.3) is 11.0 Å². The third-order valence-corrected chi connectivity index (χ3v) is 5.35. The summed E-state index contributed by atoms with van der Waals surface area (Å²) in [5, 5.41) is 14.4. The topological polar surface area (TPSA) is 73.8 Å². The van der Waals surface area contributed by atoms with Gasteiger partial charge >= 0.3 is 0 Å². The van der Waals surface area contributed by atoms with Crippen molar-refractivity contribution in [3.63, 3.8) is 0 Å². The molecule has 5 nitrogen and oxygen atoms in total. The zero-order valence-corrected chi connectivity index (χ0v) is 13.7. The Labute approximate surface area is 138 Å². The van der Waals surface area contributed by atoms with Gasteiger partial charge in [0.05, 0.1) is 15.9 Å². The van der Waals surface area contributed by atoms with Crippen molar-refractivity contribution in [3.8, 4) is 5.88 Å². The molecule has 0 aliphatic heterocycles. The smallest absolute Gasteiger partial charge is 0.227 e. The number of rotatable bonds is 4. The monoisotopic (exact) mass is 328 g/mol. The highest BCUT2D eigenvalue weighted by Gasteiger charge is 2.17. The minimum absolute atomic E-state index is 0.119. The molecule has 1 aliphatic carbocycles. The first-order valence-corrected chi connectivity index (χ1v) is 8.98. The number of nitrogens with zero attached hydrogens (tertiary/aromatic N) is 2. The van der Waals surface area contributed by atoms with Crippen LogP contribution in [0.1, 0.15) is 42.8 Å². The van der Waals surface area contributed by atoms with Gasteiger partial charge in [-0.2, -0.15) is 4.98 Å². The SMILES string of the molecule is Oc1nc(NC2CCCCC2)sc1Cc1nc2ccccc2[nH]1. The molecule has 1 saturated carbocycles. The molecule has 0 spiro atoms. The summed E-state index contributed by atoms with van der Waals surface area (Å²) in [7, 11) is 0. The molecule has 0 atom stereocenters. The van der Waals surface area contributed by atoms with Crippen LogP contribution in [-0.4, -0.2) is 26.1 Å². The van der Waals surface area contributed by atoms with Crippen LogP contribution in [-0.2, 0) is 6.42 Å². The average Bonchev–Trinajstić information content (AvgIpc) is 3.11. The van der Waals surface area contributed by atoms with E-state index in [1.807, 2.05) is 24.3 Å². The molecule has 1 aliphatic rings. The fourth-order valence-electron chi connectivity index (χ4n) is 3.18. The number of para-hydroxylation sites is 2. The van der Waals surface area contributed by atoms with Gasteiger partial charge in [-0.25, -0.2) is 4.98 Å². The van der Waals surface area contributed by atoms with Crippen LogP contribution in [0.3, 0.4) is 0 Å². The van der Waals surface area contributed by atoms with Crippen molar-refractivity contribution in [2.45, 2.75) is 44.6 Å². The number of hydrogen-bond donors (Lipinski definition) is 3. The fourth-order valence-corrected chi connectivity index (χ4v) is 4.12. The van der Waals surface area contributed by atoms with Crippen molar-refractivity contribution in [1.82, 2.24) is 15.0 Å². The summed E-state index contributed by atoms with van der Waals surface area (Å²) in [5.74, 6) is 0.975. The van der Waals surface area contributed by atoms with Crippen LogP contribution in [0.15, 0.2) is 24.3 Å². The van der Waals surface area contributed by atoms with E-state index < -0.39 is 0 Å². The molecule has 120 valence electrons. The van der Waals surface area contributed by atoms with Crippen molar-refractivity contribution in [3.05, 3.63) is 35.0 Å². The summed E-state index contributed by atoms with van der Waals surface area (Å²) < 4.78 is 0. The first kappa shape index (κ1) is 14.5. The molecule has 2 aromatic heterocycles. The molecule has 1 fully saturated rings. The summed E-state index contributed by atoms with van der Waals surface area (Å²) in [5.41, 5.74) is 1.97. The maximum atomic E-state index is 10.1. The normalized spacial score (nSPS) is 16.0. The van der Waals surface area contributed by atoms with E-state index in [0.717, 1.165) is 26.9 Å². The average molecular weight is 328 g/mol. The number of imidazole rings is 1. The summed E-state index contributed by atoms with van der Waals surface area (Å²) in [6.45, 7) is 0. The number of anilines is 1. The molecule has 3 N–H and O–H groups in total. The highest BCUT2D eigenvalue weighted by Crippen LogP contribution is 2.32. The number of thiazole rings is 1. The van der Waals surface area contributed by atoms with Crippen LogP contribution < -0.4 is 5.32 Å². The highest BCUT2D eigenvalue weighted by atomic mass is 32.1. The van der Waals surface area contributed by atoms with Gasteiger partial charge in [0.1, 0.15) is 5.82 Å². The Morgan fingerprint density at radius 1 is 1.17 bits per heavy atom. The van der Waals surface area contributed by atoms with Crippen LogP contribution >= 0.6 is 11.3 Å². The number of aromatic amines is 1. The summed E-state index contributed by atoms with van der Waals surface area (Å²) >= 11 is 1.53. The third-order valence-electron chi connectivity index (χ3n) is 4.38. The van der Waals surface area contributed by atoms with Crippen molar-refractivity contribution in [2.75, 3.05) is 5.32 Å². The first-order valence-electron chi connectivity index (χ1n) is 8.17. The van der Waals surface area contributed by atoms with Gasteiger partial charge in [-0.1, -0.05) is 42.7 Å². The molecule has 3 aromatic rings. The molecular weight excluding hydrogens is 308 g/mol. The lowest BCUT2D eigenvalue weighted by Crippen LogP contribution is -2.21. The second kappa shape index (κ2) is 6.20. The van der Waals surface area contributed by atoms with Crippen LogP contribution in [0, 0.1) is 0 Å². The van der Waals surface area contributed by atoms with Gasteiger partial charge in [-0.15, -0.1) is 0 Å². The van der Waals surface area contributed by atoms with Gasteiger partial charge in [-0.05, 0) is 25.0 Å². The molecule has 0 unspecified atom stereocenters. The zero-order valence-electron chi connectivity index (χ0n) is 12.9. The summed E-state index contributed by atoms with van der Waals surface area (Å²) in [6.07, 6.45) is 6.85. The number of fused-ring (bicyclic) bond motifs is 1. The van der Waals surface area contributed by atoms with Crippen LogP contribution in [0.2, 0.25) is 0 Å². The minimum atomic E-state index is 0.119. The number of benzene rings is 1. The standard InChI is InChI=1S/C17H20N4OS/c22-16-14(10-15-19-12-8-4-5-9-13(12)20-15)23-17(21-16)18-11-6-2-1-3-7-11/h4-5,8-9,11,22H,1-3,6-7,10H2,(H,18,21)(H,19,20). The maximum Gasteiger partial charge on any atom is 0.227 e. The number of aromatic nitrogens is 3. The lowest BCUT2D eigenvalue weighted by molar-refractivity contribution is 0.449. The van der Waals surface area contributed by atoms with Crippen LogP contribution in [0.5, 0.6) is 5.88 Å². The van der Waals surface area contributed by atoms with Gasteiger partial charge in [-0.3, -0.25) is 0 Å². The van der Waals surface area contributed by atoms with Crippen molar-refractivity contribution < 1.29 is 5.11 Å². The molecule has 2 heterocycles. The molecule has 1 aromatic carbocycles. The number of nitrogens with one attached hydrogen (secondary N) is 2. The Balaban J connectivity index is 1.50. The lowest BCUT2D eigenvalue weighted by Gasteiger charge is -2.22. The molecule has 23 heavy (non-hydrogen) atoms. The van der Waals surface area contributed by atoms with Crippen molar-refractivity contribution in [1.29, 1.82) is 0 Å². The molecule has 0 saturated heterocycles. The Morgan fingerprint density at radius 3 is 2.83 bits per heavy atom. The van der Waals surface area contributed by atoms with E-state index in [0.29, 0.717) is 12.5 Å². The quantitative estimate of drug-likeness (QED) is 0.675. The van der Waals surface area contributed by atoms with Gasteiger partial charge in [0.2, 0.25) is 5.88 Å². The Hall–Kier alpha value is -2.08.